The summed E-state index contributed by atoms with van der Waals surface area (Å²) >= 11 is 0. The molecule has 0 radical (unpaired) electrons. The fraction of sp³-hybridized carbons (Fsp3) is 0.333. The molecule has 0 saturated carbocycles. The van der Waals surface area contributed by atoms with Crippen LogP contribution < -0.4 is 15.0 Å². The van der Waals surface area contributed by atoms with Crippen LogP contribution in [0.4, 0.5) is 11.4 Å². The molecular formula is C24H32N2O. The van der Waals surface area contributed by atoms with Crippen LogP contribution in [0.25, 0.3) is 10.8 Å². The first-order chi connectivity index (χ1) is 13.0. The fourth-order valence-corrected chi connectivity index (χ4v) is 3.28. The standard InChI is InChI=1S/C15H19N.C9H13NO/c1-4-16(5-2)15-11-10-12(3)13-8-6-7-9-14(13)15;1-7-4-5-8(10-2)9(6-7)11-3/h6-11H,4-5H2,1-3H3;4-6,10H,1-3H3. The molecule has 0 bridgehead atoms. The van der Waals surface area contributed by atoms with Crippen molar-refractivity contribution >= 4 is 22.1 Å². The second-order valence-corrected chi connectivity index (χ2v) is 6.57. The van der Waals surface area contributed by atoms with E-state index in [-0.39, 0.29) is 0 Å². The maximum atomic E-state index is 5.15. The van der Waals surface area contributed by atoms with Crippen molar-refractivity contribution in [3.05, 3.63) is 65.7 Å². The molecule has 0 atom stereocenters. The van der Waals surface area contributed by atoms with Gasteiger partial charge in [-0.05, 0) is 62.4 Å². The third-order valence-corrected chi connectivity index (χ3v) is 4.85. The first-order valence-electron chi connectivity index (χ1n) is 9.61. The van der Waals surface area contributed by atoms with Crippen LogP contribution in [-0.4, -0.2) is 27.2 Å². The quantitative estimate of drug-likeness (QED) is 0.597. The van der Waals surface area contributed by atoms with E-state index < -0.39 is 0 Å². The smallest absolute Gasteiger partial charge is 0.142 e. The summed E-state index contributed by atoms with van der Waals surface area (Å²) in [5, 5.41) is 5.78. The summed E-state index contributed by atoms with van der Waals surface area (Å²) < 4.78 is 5.15. The average Bonchev–Trinajstić information content (AvgIpc) is 2.71. The molecule has 0 fully saturated rings. The predicted molar refractivity (Wildman–Crippen MR) is 120 cm³/mol. The van der Waals surface area contributed by atoms with Gasteiger partial charge in [-0.1, -0.05) is 36.4 Å². The van der Waals surface area contributed by atoms with Gasteiger partial charge >= 0.3 is 0 Å². The molecule has 0 aliphatic heterocycles. The van der Waals surface area contributed by atoms with Crippen LogP contribution in [0, 0.1) is 13.8 Å². The summed E-state index contributed by atoms with van der Waals surface area (Å²) in [5.41, 5.74) is 4.94. The molecule has 0 amide bonds. The highest BCUT2D eigenvalue weighted by atomic mass is 16.5. The Labute approximate surface area is 164 Å². The number of nitrogens with zero attached hydrogens (tertiary/aromatic N) is 1. The molecule has 1 N–H and O–H groups in total. The highest BCUT2D eigenvalue weighted by Gasteiger charge is 2.07. The molecule has 3 aromatic carbocycles. The number of aryl methyl sites for hydroxylation is 2. The zero-order valence-corrected chi connectivity index (χ0v) is 17.5. The van der Waals surface area contributed by atoms with E-state index in [4.69, 9.17) is 4.74 Å². The second-order valence-electron chi connectivity index (χ2n) is 6.57. The highest BCUT2D eigenvalue weighted by Crippen LogP contribution is 2.29. The highest BCUT2D eigenvalue weighted by molar-refractivity contribution is 5.96. The molecule has 27 heavy (non-hydrogen) atoms. The van der Waals surface area contributed by atoms with Crippen molar-refractivity contribution in [1.82, 2.24) is 0 Å². The van der Waals surface area contributed by atoms with E-state index in [0.29, 0.717) is 0 Å². The molecular weight excluding hydrogens is 332 g/mol. The third-order valence-electron chi connectivity index (χ3n) is 4.85. The van der Waals surface area contributed by atoms with Crippen LogP contribution in [0.3, 0.4) is 0 Å². The zero-order chi connectivity index (χ0) is 19.8. The molecule has 0 saturated heterocycles. The largest absolute Gasteiger partial charge is 0.495 e. The molecule has 3 aromatic rings. The zero-order valence-electron chi connectivity index (χ0n) is 17.5. The Bertz CT molecular complexity index is 869. The van der Waals surface area contributed by atoms with Crippen molar-refractivity contribution in [2.75, 3.05) is 37.5 Å². The molecule has 0 spiro atoms. The van der Waals surface area contributed by atoms with Crippen LogP contribution in [0.2, 0.25) is 0 Å². The third kappa shape index (κ3) is 4.94. The number of benzene rings is 3. The van der Waals surface area contributed by atoms with Gasteiger partial charge in [-0.3, -0.25) is 0 Å². The summed E-state index contributed by atoms with van der Waals surface area (Å²) in [4.78, 5) is 2.40. The van der Waals surface area contributed by atoms with Crippen molar-refractivity contribution in [3.8, 4) is 5.75 Å². The molecule has 3 rings (SSSR count). The summed E-state index contributed by atoms with van der Waals surface area (Å²) in [7, 11) is 3.56. The molecule has 0 unspecified atom stereocenters. The van der Waals surface area contributed by atoms with E-state index in [0.717, 1.165) is 24.5 Å². The molecule has 0 aliphatic rings. The van der Waals surface area contributed by atoms with Crippen LogP contribution in [0.1, 0.15) is 25.0 Å². The van der Waals surface area contributed by atoms with E-state index >= 15 is 0 Å². The Balaban J connectivity index is 0.000000208. The van der Waals surface area contributed by atoms with Gasteiger partial charge in [0, 0.05) is 31.2 Å². The summed E-state index contributed by atoms with van der Waals surface area (Å²) in [6, 6.07) is 19.2. The van der Waals surface area contributed by atoms with Crippen molar-refractivity contribution in [1.29, 1.82) is 0 Å². The van der Waals surface area contributed by atoms with Gasteiger partial charge in [-0.25, -0.2) is 0 Å². The predicted octanol–water partition coefficient (Wildman–Crippen LogP) is 6.04. The number of anilines is 2. The number of methoxy groups -OCH3 is 1. The molecule has 3 nitrogen and oxygen atoms in total. The first kappa shape index (κ1) is 20.6. The van der Waals surface area contributed by atoms with Crippen LogP contribution in [0.5, 0.6) is 5.75 Å². The summed E-state index contributed by atoms with van der Waals surface area (Å²) in [6.07, 6.45) is 0. The van der Waals surface area contributed by atoms with E-state index in [1.807, 2.05) is 32.2 Å². The van der Waals surface area contributed by atoms with Gasteiger partial charge in [-0.15, -0.1) is 0 Å². The minimum absolute atomic E-state index is 0.896. The van der Waals surface area contributed by atoms with Crippen LogP contribution in [-0.2, 0) is 0 Å². The summed E-state index contributed by atoms with van der Waals surface area (Å²) in [6.45, 7) is 10.7. The minimum Gasteiger partial charge on any atom is -0.495 e. The first-order valence-corrected chi connectivity index (χ1v) is 9.61. The lowest BCUT2D eigenvalue weighted by atomic mass is 10.0. The lowest BCUT2D eigenvalue weighted by molar-refractivity contribution is 0.416. The van der Waals surface area contributed by atoms with E-state index in [2.05, 4.69) is 67.4 Å². The Morgan fingerprint density at radius 3 is 2.15 bits per heavy atom. The minimum atomic E-state index is 0.896. The van der Waals surface area contributed by atoms with Gasteiger partial charge in [0.2, 0.25) is 0 Å². The lowest BCUT2D eigenvalue weighted by Gasteiger charge is -2.23. The van der Waals surface area contributed by atoms with Gasteiger partial charge in [0.05, 0.1) is 12.8 Å². The van der Waals surface area contributed by atoms with Crippen molar-refractivity contribution < 1.29 is 4.74 Å². The maximum absolute atomic E-state index is 5.15. The van der Waals surface area contributed by atoms with Crippen molar-refractivity contribution in [3.63, 3.8) is 0 Å². The SMILES string of the molecule is CCN(CC)c1ccc(C)c2ccccc12.CNc1ccc(C)cc1OC. The molecule has 3 heteroatoms. The second kappa shape index (κ2) is 9.86. The number of rotatable bonds is 5. The Morgan fingerprint density at radius 2 is 1.56 bits per heavy atom. The molecule has 0 heterocycles. The number of fused-ring (bicyclic) bond motifs is 1. The topological polar surface area (TPSA) is 24.5 Å². The van der Waals surface area contributed by atoms with Crippen molar-refractivity contribution in [2.24, 2.45) is 0 Å². The number of hydrogen-bond acceptors (Lipinski definition) is 3. The summed E-state index contributed by atoms with van der Waals surface area (Å²) in [5.74, 6) is 0.896. The lowest BCUT2D eigenvalue weighted by Crippen LogP contribution is -2.22. The average molecular weight is 365 g/mol. The fourth-order valence-electron chi connectivity index (χ4n) is 3.28. The number of hydrogen-bond donors (Lipinski definition) is 1. The Kier molecular flexibility index (Phi) is 7.54. The molecule has 0 aromatic heterocycles. The molecule has 144 valence electrons. The van der Waals surface area contributed by atoms with Crippen LogP contribution >= 0.6 is 0 Å². The molecule has 0 aliphatic carbocycles. The van der Waals surface area contributed by atoms with Gasteiger partial charge in [0.1, 0.15) is 5.75 Å². The van der Waals surface area contributed by atoms with Gasteiger partial charge < -0.3 is 15.0 Å². The van der Waals surface area contributed by atoms with Gasteiger partial charge in [0.15, 0.2) is 0 Å². The van der Waals surface area contributed by atoms with Crippen LogP contribution in [0.15, 0.2) is 54.6 Å². The van der Waals surface area contributed by atoms with E-state index in [1.165, 1.54) is 27.6 Å². The monoisotopic (exact) mass is 364 g/mol. The Morgan fingerprint density at radius 1 is 0.889 bits per heavy atom. The number of nitrogens with one attached hydrogen (secondary N) is 1. The van der Waals surface area contributed by atoms with Gasteiger partial charge in [-0.2, -0.15) is 0 Å². The van der Waals surface area contributed by atoms with E-state index in [9.17, 15) is 0 Å². The van der Waals surface area contributed by atoms with E-state index in [1.54, 1.807) is 7.11 Å². The normalized spacial score (nSPS) is 10.1. The van der Waals surface area contributed by atoms with Crippen molar-refractivity contribution in [2.45, 2.75) is 27.7 Å². The maximum Gasteiger partial charge on any atom is 0.142 e. The Hall–Kier alpha value is -2.68. The van der Waals surface area contributed by atoms with Gasteiger partial charge in [0.25, 0.3) is 0 Å². The number of ether oxygens (including phenoxy) is 1.